The van der Waals surface area contributed by atoms with Gasteiger partial charge in [-0.3, -0.25) is 4.79 Å². The van der Waals surface area contributed by atoms with E-state index in [0.29, 0.717) is 12.5 Å². The highest BCUT2D eigenvalue weighted by atomic mass is 16.5. The monoisotopic (exact) mass is 300 g/mol. The molecule has 1 N–H and O–H groups in total. The van der Waals surface area contributed by atoms with E-state index in [0.717, 1.165) is 39.0 Å². The molecule has 4 heteroatoms. The maximum absolute atomic E-state index is 12.2. The number of carbonyl (C=O) groups is 1. The molecular weight excluding hydrogens is 264 g/mol. The molecule has 0 aliphatic carbocycles. The number of carbonyl (C=O) groups excluding carboxylic acids is 1. The van der Waals surface area contributed by atoms with Gasteiger partial charge in [0.05, 0.1) is 6.61 Å². The third kappa shape index (κ3) is 7.82. The fourth-order valence-electron chi connectivity index (χ4n) is 2.28. The molecule has 0 bridgehead atoms. The SMILES string of the molecule is CCCNC(C)(CCN(CC)CC(C)CC)C(=O)OCC. The zero-order valence-corrected chi connectivity index (χ0v) is 15.0. The van der Waals surface area contributed by atoms with E-state index < -0.39 is 5.54 Å². The van der Waals surface area contributed by atoms with Crippen molar-refractivity contribution in [2.75, 3.05) is 32.8 Å². The first-order valence-electron chi connectivity index (χ1n) is 8.57. The van der Waals surface area contributed by atoms with Gasteiger partial charge in [-0.25, -0.2) is 0 Å². The molecule has 126 valence electrons. The van der Waals surface area contributed by atoms with Gasteiger partial charge >= 0.3 is 5.97 Å². The van der Waals surface area contributed by atoms with Crippen LogP contribution in [-0.4, -0.2) is 49.2 Å². The quantitative estimate of drug-likeness (QED) is 0.562. The van der Waals surface area contributed by atoms with Gasteiger partial charge < -0.3 is 15.0 Å². The van der Waals surface area contributed by atoms with Gasteiger partial charge in [0.2, 0.25) is 0 Å². The second-order valence-corrected chi connectivity index (χ2v) is 6.14. The van der Waals surface area contributed by atoms with Crippen LogP contribution in [0.4, 0.5) is 0 Å². The van der Waals surface area contributed by atoms with Crippen LogP contribution in [-0.2, 0) is 9.53 Å². The van der Waals surface area contributed by atoms with Crippen molar-refractivity contribution < 1.29 is 9.53 Å². The highest BCUT2D eigenvalue weighted by Gasteiger charge is 2.34. The van der Waals surface area contributed by atoms with E-state index in [4.69, 9.17) is 4.74 Å². The van der Waals surface area contributed by atoms with Crippen molar-refractivity contribution in [2.45, 2.75) is 66.3 Å². The molecule has 0 aromatic heterocycles. The van der Waals surface area contributed by atoms with Crippen molar-refractivity contribution >= 4 is 5.97 Å². The second-order valence-electron chi connectivity index (χ2n) is 6.14. The van der Waals surface area contributed by atoms with Crippen LogP contribution in [0.2, 0.25) is 0 Å². The van der Waals surface area contributed by atoms with E-state index >= 15 is 0 Å². The molecule has 2 atom stereocenters. The maximum atomic E-state index is 12.2. The van der Waals surface area contributed by atoms with Gasteiger partial charge in [-0.2, -0.15) is 0 Å². The van der Waals surface area contributed by atoms with Gasteiger partial charge in [-0.1, -0.05) is 34.1 Å². The van der Waals surface area contributed by atoms with Crippen LogP contribution >= 0.6 is 0 Å². The predicted octanol–water partition coefficient (Wildman–Crippen LogP) is 3.07. The second kappa shape index (κ2) is 11.0. The number of ether oxygens (including phenoxy) is 1. The zero-order chi connectivity index (χ0) is 16.3. The summed E-state index contributed by atoms with van der Waals surface area (Å²) in [5.41, 5.74) is -0.575. The average molecular weight is 300 g/mol. The molecule has 0 aliphatic heterocycles. The highest BCUT2D eigenvalue weighted by molar-refractivity contribution is 5.80. The average Bonchev–Trinajstić information content (AvgIpc) is 2.49. The molecule has 0 aliphatic rings. The van der Waals surface area contributed by atoms with E-state index in [9.17, 15) is 4.79 Å². The highest BCUT2D eigenvalue weighted by Crippen LogP contribution is 2.15. The number of nitrogens with zero attached hydrogens (tertiary/aromatic N) is 1. The Morgan fingerprint density at radius 3 is 2.43 bits per heavy atom. The Morgan fingerprint density at radius 1 is 1.29 bits per heavy atom. The largest absolute Gasteiger partial charge is 0.465 e. The molecule has 0 amide bonds. The van der Waals surface area contributed by atoms with E-state index in [2.05, 4.69) is 37.9 Å². The van der Waals surface area contributed by atoms with Gasteiger partial charge in [-0.05, 0) is 45.7 Å². The Balaban J connectivity index is 4.60. The van der Waals surface area contributed by atoms with E-state index in [-0.39, 0.29) is 5.97 Å². The normalized spacial score (nSPS) is 15.8. The predicted molar refractivity (Wildman–Crippen MR) is 89.5 cm³/mol. The number of hydrogen-bond acceptors (Lipinski definition) is 4. The Kier molecular flexibility index (Phi) is 10.7. The van der Waals surface area contributed by atoms with E-state index in [1.807, 2.05) is 13.8 Å². The van der Waals surface area contributed by atoms with Crippen molar-refractivity contribution in [1.82, 2.24) is 10.2 Å². The first kappa shape index (κ1) is 20.4. The number of rotatable bonds is 12. The topological polar surface area (TPSA) is 41.6 Å². The van der Waals surface area contributed by atoms with Crippen LogP contribution in [0.3, 0.4) is 0 Å². The summed E-state index contributed by atoms with van der Waals surface area (Å²) in [6, 6.07) is 0. The van der Waals surface area contributed by atoms with Crippen molar-refractivity contribution in [3.05, 3.63) is 0 Å². The molecular formula is C17H36N2O2. The maximum Gasteiger partial charge on any atom is 0.326 e. The van der Waals surface area contributed by atoms with Crippen molar-refractivity contribution in [3.8, 4) is 0 Å². The standard InChI is InChI=1S/C17H36N2O2/c1-7-12-18-17(6,16(20)21-10-4)11-13-19(9-3)14-15(5)8-2/h15,18H,7-14H2,1-6H3. The molecule has 4 nitrogen and oxygen atoms in total. The lowest BCUT2D eigenvalue weighted by molar-refractivity contribution is -0.151. The van der Waals surface area contributed by atoms with E-state index in [1.165, 1.54) is 6.42 Å². The van der Waals surface area contributed by atoms with Crippen molar-refractivity contribution in [3.63, 3.8) is 0 Å². The summed E-state index contributed by atoms with van der Waals surface area (Å²) in [5.74, 6) is 0.570. The molecule has 21 heavy (non-hydrogen) atoms. The molecule has 0 fully saturated rings. The minimum Gasteiger partial charge on any atom is -0.465 e. The first-order chi connectivity index (χ1) is 9.93. The summed E-state index contributed by atoms with van der Waals surface area (Å²) in [4.78, 5) is 14.7. The summed E-state index contributed by atoms with van der Waals surface area (Å²) < 4.78 is 5.25. The summed E-state index contributed by atoms with van der Waals surface area (Å²) in [6.07, 6.45) is 3.00. The fraction of sp³-hybridized carbons (Fsp3) is 0.941. The molecule has 0 rings (SSSR count). The molecule has 0 aromatic rings. The summed E-state index contributed by atoms with van der Waals surface area (Å²) in [5, 5.41) is 3.38. The molecule has 0 saturated heterocycles. The van der Waals surface area contributed by atoms with Crippen LogP contribution in [0, 0.1) is 5.92 Å². The third-order valence-corrected chi connectivity index (χ3v) is 4.13. The van der Waals surface area contributed by atoms with Gasteiger partial charge in [0.1, 0.15) is 5.54 Å². The summed E-state index contributed by atoms with van der Waals surface area (Å²) in [7, 11) is 0. The van der Waals surface area contributed by atoms with Gasteiger partial charge in [0, 0.05) is 13.1 Å². The number of esters is 1. The minimum absolute atomic E-state index is 0.127. The first-order valence-corrected chi connectivity index (χ1v) is 8.57. The van der Waals surface area contributed by atoms with Crippen LogP contribution in [0.1, 0.15) is 60.8 Å². The molecule has 0 spiro atoms. The van der Waals surface area contributed by atoms with Gasteiger partial charge in [-0.15, -0.1) is 0 Å². The van der Waals surface area contributed by atoms with Gasteiger partial charge in [0.15, 0.2) is 0 Å². The van der Waals surface area contributed by atoms with Crippen LogP contribution in [0.5, 0.6) is 0 Å². The minimum atomic E-state index is -0.575. The lowest BCUT2D eigenvalue weighted by Crippen LogP contribution is -2.52. The molecule has 0 saturated carbocycles. The molecule has 0 aromatic carbocycles. The zero-order valence-electron chi connectivity index (χ0n) is 15.0. The van der Waals surface area contributed by atoms with E-state index in [1.54, 1.807) is 0 Å². The summed E-state index contributed by atoms with van der Waals surface area (Å²) >= 11 is 0. The Morgan fingerprint density at radius 2 is 1.95 bits per heavy atom. The molecule has 0 radical (unpaired) electrons. The lowest BCUT2D eigenvalue weighted by atomic mass is 9.96. The Hall–Kier alpha value is -0.610. The summed E-state index contributed by atoms with van der Waals surface area (Å²) in [6.45, 7) is 17.0. The van der Waals surface area contributed by atoms with Gasteiger partial charge in [0.25, 0.3) is 0 Å². The fourth-order valence-corrected chi connectivity index (χ4v) is 2.28. The third-order valence-electron chi connectivity index (χ3n) is 4.13. The molecule has 2 unspecified atom stereocenters. The molecule has 0 heterocycles. The van der Waals surface area contributed by atoms with Crippen LogP contribution in [0.15, 0.2) is 0 Å². The van der Waals surface area contributed by atoms with Crippen molar-refractivity contribution in [1.29, 1.82) is 0 Å². The van der Waals surface area contributed by atoms with Crippen LogP contribution < -0.4 is 5.32 Å². The van der Waals surface area contributed by atoms with Crippen molar-refractivity contribution in [2.24, 2.45) is 5.92 Å². The smallest absolute Gasteiger partial charge is 0.326 e. The Labute approximate surface area is 131 Å². The lowest BCUT2D eigenvalue weighted by Gasteiger charge is -2.32. The number of nitrogens with one attached hydrogen (secondary N) is 1. The Bertz CT molecular complexity index is 284. The number of hydrogen-bond donors (Lipinski definition) is 1. The van der Waals surface area contributed by atoms with Crippen LogP contribution in [0.25, 0.3) is 0 Å².